The second-order valence-corrected chi connectivity index (χ2v) is 2.23. The second kappa shape index (κ2) is 1.91. The predicted octanol–water partition coefficient (Wildman–Crippen LogP) is 1.01. The van der Waals surface area contributed by atoms with Gasteiger partial charge >= 0.3 is 0 Å². The molecule has 2 aromatic heterocycles. The number of H-pyrrole nitrogens is 1. The van der Waals surface area contributed by atoms with Crippen molar-refractivity contribution in [2.45, 2.75) is 0 Å². The van der Waals surface area contributed by atoms with Gasteiger partial charge in [-0.2, -0.15) is 10.2 Å². The molecule has 0 unspecified atom stereocenters. The van der Waals surface area contributed by atoms with Gasteiger partial charge < -0.3 is 0 Å². The van der Waals surface area contributed by atoms with Crippen LogP contribution in [0.4, 0.5) is 0 Å². The summed E-state index contributed by atoms with van der Waals surface area (Å²) in [5.41, 5.74) is 1.42. The van der Waals surface area contributed by atoms with Crippen molar-refractivity contribution >= 4 is 22.6 Å². The fourth-order valence-electron chi connectivity index (χ4n) is 0.738. The molecular weight excluding hydrogens is 152 g/mol. The molecule has 0 atom stereocenters. The zero-order valence-electron chi connectivity index (χ0n) is 4.87. The van der Waals surface area contributed by atoms with Gasteiger partial charge in [0.1, 0.15) is 11.0 Å². The average molecular weight is 155 g/mol. The molecule has 0 aliphatic rings. The van der Waals surface area contributed by atoms with Crippen LogP contribution in [0.1, 0.15) is 0 Å². The third-order valence-corrected chi connectivity index (χ3v) is 1.48. The van der Waals surface area contributed by atoms with Crippen LogP contribution in [0.2, 0.25) is 5.02 Å². The average Bonchev–Trinajstić information content (AvgIpc) is 2.36. The molecule has 0 amide bonds. The molecule has 0 fully saturated rings. The number of hydrogen-bond acceptors (Lipinski definition) is 3. The molecule has 0 aliphatic carbocycles. The Hall–Kier alpha value is -1.16. The standard InChI is InChI=1S/C5H3ClN4/c6-3-1-7-9-4-2-8-10-5(3)4/h1-2H,(H,8,10). The normalized spacial score (nSPS) is 10.5. The highest BCUT2D eigenvalue weighted by molar-refractivity contribution is 6.34. The summed E-state index contributed by atoms with van der Waals surface area (Å²) in [7, 11) is 0. The first-order valence-electron chi connectivity index (χ1n) is 2.68. The minimum atomic E-state index is 0.544. The Labute approximate surface area is 61.2 Å². The summed E-state index contributed by atoms with van der Waals surface area (Å²) in [6.45, 7) is 0. The SMILES string of the molecule is Clc1cnnc2cn[nH]c12. The molecule has 50 valence electrons. The predicted molar refractivity (Wildman–Crippen MR) is 36.7 cm³/mol. The van der Waals surface area contributed by atoms with Crippen LogP contribution in [-0.4, -0.2) is 20.4 Å². The Balaban J connectivity index is 2.95. The molecule has 0 aromatic carbocycles. The van der Waals surface area contributed by atoms with Gasteiger partial charge in [0.15, 0.2) is 0 Å². The lowest BCUT2D eigenvalue weighted by molar-refractivity contribution is 1.08. The molecule has 10 heavy (non-hydrogen) atoms. The number of halogens is 1. The summed E-state index contributed by atoms with van der Waals surface area (Å²) in [6.07, 6.45) is 3.05. The smallest absolute Gasteiger partial charge is 0.132 e. The van der Waals surface area contributed by atoms with Crippen molar-refractivity contribution < 1.29 is 0 Å². The number of rotatable bonds is 0. The molecule has 5 heteroatoms. The van der Waals surface area contributed by atoms with Crippen LogP contribution in [0.15, 0.2) is 12.4 Å². The van der Waals surface area contributed by atoms with Crippen molar-refractivity contribution in [3.63, 3.8) is 0 Å². The van der Waals surface area contributed by atoms with E-state index in [-0.39, 0.29) is 0 Å². The van der Waals surface area contributed by atoms with Crippen LogP contribution >= 0.6 is 11.6 Å². The van der Waals surface area contributed by atoms with Crippen molar-refractivity contribution in [2.75, 3.05) is 0 Å². The number of nitrogens with one attached hydrogen (secondary N) is 1. The van der Waals surface area contributed by atoms with Crippen molar-refractivity contribution in [1.82, 2.24) is 20.4 Å². The molecule has 2 rings (SSSR count). The summed E-state index contributed by atoms with van der Waals surface area (Å²) in [6, 6.07) is 0. The van der Waals surface area contributed by atoms with Gasteiger partial charge in [0, 0.05) is 0 Å². The van der Waals surface area contributed by atoms with Gasteiger partial charge in [0.25, 0.3) is 0 Å². The highest BCUT2D eigenvalue weighted by atomic mass is 35.5. The van der Waals surface area contributed by atoms with E-state index in [1.54, 1.807) is 6.20 Å². The molecule has 2 heterocycles. The first kappa shape index (κ1) is 5.61. The molecule has 0 spiro atoms. The van der Waals surface area contributed by atoms with Crippen LogP contribution in [-0.2, 0) is 0 Å². The fourth-order valence-corrected chi connectivity index (χ4v) is 0.920. The van der Waals surface area contributed by atoms with E-state index in [0.717, 1.165) is 5.52 Å². The van der Waals surface area contributed by atoms with Crippen LogP contribution in [0.5, 0.6) is 0 Å². The van der Waals surface area contributed by atoms with E-state index in [1.165, 1.54) is 6.20 Å². The Morgan fingerprint density at radius 3 is 3.10 bits per heavy atom. The van der Waals surface area contributed by atoms with Crippen molar-refractivity contribution in [3.05, 3.63) is 17.4 Å². The van der Waals surface area contributed by atoms with Crippen LogP contribution in [0.3, 0.4) is 0 Å². The number of hydrogen-bond donors (Lipinski definition) is 1. The fraction of sp³-hybridized carbons (Fsp3) is 0. The van der Waals surface area contributed by atoms with E-state index in [0.29, 0.717) is 10.5 Å². The maximum absolute atomic E-state index is 5.72. The maximum Gasteiger partial charge on any atom is 0.132 e. The third-order valence-electron chi connectivity index (χ3n) is 1.19. The van der Waals surface area contributed by atoms with Gasteiger partial charge in [0.2, 0.25) is 0 Å². The van der Waals surface area contributed by atoms with E-state index < -0.39 is 0 Å². The summed E-state index contributed by atoms with van der Waals surface area (Å²) in [5.74, 6) is 0. The van der Waals surface area contributed by atoms with Gasteiger partial charge in [-0.3, -0.25) is 5.10 Å². The van der Waals surface area contributed by atoms with Crippen LogP contribution < -0.4 is 0 Å². The molecule has 4 nitrogen and oxygen atoms in total. The minimum Gasteiger partial charge on any atom is -0.275 e. The monoisotopic (exact) mass is 154 g/mol. The second-order valence-electron chi connectivity index (χ2n) is 1.82. The molecule has 0 bridgehead atoms. The summed E-state index contributed by atoms with van der Waals surface area (Å²) in [4.78, 5) is 0. The van der Waals surface area contributed by atoms with E-state index in [1.807, 2.05) is 0 Å². The van der Waals surface area contributed by atoms with Gasteiger partial charge in [-0.15, -0.1) is 5.10 Å². The Bertz CT molecular complexity index is 355. The van der Waals surface area contributed by atoms with Crippen molar-refractivity contribution in [1.29, 1.82) is 0 Å². The highest BCUT2D eigenvalue weighted by Gasteiger charge is 1.99. The maximum atomic E-state index is 5.72. The Kier molecular flexibility index (Phi) is 1.07. The van der Waals surface area contributed by atoms with E-state index in [9.17, 15) is 0 Å². The summed E-state index contributed by atoms with van der Waals surface area (Å²) >= 11 is 5.72. The number of fused-ring (bicyclic) bond motifs is 1. The number of nitrogens with zero attached hydrogens (tertiary/aromatic N) is 3. The zero-order chi connectivity index (χ0) is 6.97. The zero-order valence-corrected chi connectivity index (χ0v) is 5.63. The molecule has 0 saturated heterocycles. The van der Waals surface area contributed by atoms with Crippen molar-refractivity contribution in [2.24, 2.45) is 0 Å². The highest BCUT2D eigenvalue weighted by Crippen LogP contribution is 2.15. The van der Waals surface area contributed by atoms with Gasteiger partial charge in [-0.1, -0.05) is 11.6 Å². The topological polar surface area (TPSA) is 54.5 Å². The lowest BCUT2D eigenvalue weighted by Gasteiger charge is -1.86. The van der Waals surface area contributed by atoms with Gasteiger partial charge in [0.05, 0.1) is 17.4 Å². The molecule has 1 N–H and O–H groups in total. The van der Waals surface area contributed by atoms with E-state index in [4.69, 9.17) is 11.6 Å². The van der Waals surface area contributed by atoms with E-state index >= 15 is 0 Å². The quantitative estimate of drug-likeness (QED) is 0.616. The molecule has 0 aliphatic heterocycles. The van der Waals surface area contributed by atoms with Gasteiger partial charge in [-0.25, -0.2) is 0 Å². The first-order valence-corrected chi connectivity index (χ1v) is 3.06. The Morgan fingerprint density at radius 1 is 1.40 bits per heavy atom. The minimum absolute atomic E-state index is 0.544. The third kappa shape index (κ3) is 0.657. The molecule has 0 saturated carbocycles. The first-order chi connectivity index (χ1) is 4.88. The van der Waals surface area contributed by atoms with Crippen LogP contribution in [0, 0.1) is 0 Å². The summed E-state index contributed by atoms with van der Waals surface area (Å²) < 4.78 is 0. The number of aromatic nitrogens is 4. The van der Waals surface area contributed by atoms with Crippen LogP contribution in [0.25, 0.3) is 11.0 Å². The lowest BCUT2D eigenvalue weighted by Crippen LogP contribution is -1.79. The Morgan fingerprint density at radius 2 is 2.30 bits per heavy atom. The van der Waals surface area contributed by atoms with E-state index in [2.05, 4.69) is 20.4 Å². The largest absolute Gasteiger partial charge is 0.275 e. The molecular formula is C5H3ClN4. The molecule has 2 aromatic rings. The molecule has 0 radical (unpaired) electrons. The number of aromatic amines is 1. The lowest BCUT2D eigenvalue weighted by atomic mass is 10.4. The van der Waals surface area contributed by atoms with Gasteiger partial charge in [-0.05, 0) is 0 Å². The summed E-state index contributed by atoms with van der Waals surface area (Å²) in [5, 5.41) is 14.4. The van der Waals surface area contributed by atoms with Crippen molar-refractivity contribution in [3.8, 4) is 0 Å².